The Hall–Kier alpha value is -2.55. The third kappa shape index (κ3) is 3.29. The summed E-state index contributed by atoms with van der Waals surface area (Å²) in [5, 5.41) is 3.97. The molecule has 0 atom stereocenters. The Morgan fingerprint density at radius 1 is 1.09 bits per heavy atom. The van der Waals surface area contributed by atoms with Crippen LogP contribution < -0.4 is 5.32 Å². The van der Waals surface area contributed by atoms with Gasteiger partial charge in [0.2, 0.25) is 5.91 Å². The smallest absolute Gasteiger partial charge is 0.227 e. The zero-order valence-electron chi connectivity index (χ0n) is 13.7. The van der Waals surface area contributed by atoms with Crippen molar-refractivity contribution in [3.8, 4) is 11.1 Å². The third-order valence-corrected chi connectivity index (χ3v) is 3.91. The van der Waals surface area contributed by atoms with Gasteiger partial charge in [0.15, 0.2) is 0 Å². The van der Waals surface area contributed by atoms with Crippen molar-refractivity contribution in [1.29, 1.82) is 0 Å². The molecule has 1 aromatic heterocycles. The van der Waals surface area contributed by atoms with Crippen LogP contribution in [0, 0.1) is 6.92 Å². The van der Waals surface area contributed by atoms with Crippen LogP contribution in [-0.2, 0) is 11.2 Å². The second-order valence-corrected chi connectivity index (χ2v) is 6.13. The fraction of sp³-hybridized carbons (Fsp3) is 0.250. The normalized spacial score (nSPS) is 11.1. The molecule has 0 radical (unpaired) electrons. The maximum atomic E-state index is 12.0. The maximum absolute atomic E-state index is 12.0. The second-order valence-electron chi connectivity index (χ2n) is 6.13. The summed E-state index contributed by atoms with van der Waals surface area (Å²) in [5.74, 6) is 0.730. The fourth-order valence-corrected chi connectivity index (χ4v) is 2.77. The summed E-state index contributed by atoms with van der Waals surface area (Å²) in [4.78, 5) is 12.0. The Morgan fingerprint density at radius 2 is 1.83 bits per heavy atom. The van der Waals surface area contributed by atoms with Crippen LogP contribution in [-0.4, -0.2) is 11.9 Å². The number of amides is 1. The van der Waals surface area contributed by atoms with Gasteiger partial charge in [-0.3, -0.25) is 4.79 Å². The molecule has 0 aliphatic rings. The molecule has 0 spiro atoms. The quantitative estimate of drug-likeness (QED) is 0.772. The van der Waals surface area contributed by atoms with Crippen molar-refractivity contribution in [3.63, 3.8) is 0 Å². The van der Waals surface area contributed by atoms with Crippen LogP contribution in [0.25, 0.3) is 22.1 Å². The van der Waals surface area contributed by atoms with Crippen LogP contribution in [0.5, 0.6) is 0 Å². The van der Waals surface area contributed by atoms with Gasteiger partial charge in [0.1, 0.15) is 11.3 Å². The van der Waals surface area contributed by atoms with E-state index in [1.165, 1.54) is 5.56 Å². The number of nitrogens with one attached hydrogen (secondary N) is 1. The molecule has 0 saturated heterocycles. The molecule has 0 unspecified atom stereocenters. The van der Waals surface area contributed by atoms with Gasteiger partial charge in [-0.15, -0.1) is 0 Å². The molecule has 118 valence electrons. The first kappa shape index (κ1) is 15.3. The zero-order valence-corrected chi connectivity index (χ0v) is 13.7. The van der Waals surface area contributed by atoms with Gasteiger partial charge in [-0.05, 0) is 49.6 Å². The van der Waals surface area contributed by atoms with Gasteiger partial charge in [0.05, 0.1) is 6.42 Å². The topological polar surface area (TPSA) is 42.2 Å². The molecule has 0 bridgehead atoms. The van der Waals surface area contributed by atoms with E-state index in [0.717, 1.165) is 27.9 Å². The van der Waals surface area contributed by atoms with Crippen molar-refractivity contribution in [3.05, 3.63) is 59.9 Å². The highest BCUT2D eigenvalue weighted by Gasteiger charge is 2.15. The summed E-state index contributed by atoms with van der Waals surface area (Å²) in [6.45, 7) is 5.92. The molecular weight excluding hydrogens is 286 g/mol. The Labute approximate surface area is 136 Å². The number of carbonyl (C=O) groups is 1. The first-order chi connectivity index (χ1) is 11.0. The lowest BCUT2D eigenvalue weighted by Gasteiger charge is -2.06. The molecule has 0 fully saturated rings. The number of carbonyl (C=O) groups excluding carboxylic acids is 1. The van der Waals surface area contributed by atoms with Crippen molar-refractivity contribution in [2.45, 2.75) is 33.2 Å². The van der Waals surface area contributed by atoms with Gasteiger partial charge in [0.25, 0.3) is 0 Å². The van der Waals surface area contributed by atoms with E-state index in [1.54, 1.807) is 0 Å². The Kier molecular flexibility index (Phi) is 4.20. The summed E-state index contributed by atoms with van der Waals surface area (Å²) in [6.07, 6.45) is 0.277. The summed E-state index contributed by atoms with van der Waals surface area (Å²) >= 11 is 0. The molecule has 2 aromatic carbocycles. The number of rotatable bonds is 4. The Morgan fingerprint density at radius 3 is 2.52 bits per heavy atom. The van der Waals surface area contributed by atoms with E-state index in [1.807, 2.05) is 45.0 Å². The van der Waals surface area contributed by atoms with Crippen molar-refractivity contribution in [1.82, 2.24) is 5.32 Å². The molecule has 1 heterocycles. The summed E-state index contributed by atoms with van der Waals surface area (Å²) in [5.41, 5.74) is 4.19. The second kappa shape index (κ2) is 6.29. The largest absolute Gasteiger partial charge is 0.460 e. The third-order valence-electron chi connectivity index (χ3n) is 3.91. The highest BCUT2D eigenvalue weighted by atomic mass is 16.3. The molecule has 3 heteroatoms. The number of hydrogen-bond acceptors (Lipinski definition) is 2. The average Bonchev–Trinajstić information content (AvgIpc) is 2.83. The van der Waals surface area contributed by atoms with Crippen LogP contribution in [0.2, 0.25) is 0 Å². The van der Waals surface area contributed by atoms with Gasteiger partial charge in [-0.2, -0.15) is 0 Å². The van der Waals surface area contributed by atoms with Crippen LogP contribution in [0.4, 0.5) is 0 Å². The lowest BCUT2D eigenvalue weighted by molar-refractivity contribution is -0.121. The minimum absolute atomic E-state index is 0.00885. The summed E-state index contributed by atoms with van der Waals surface area (Å²) in [7, 11) is 0. The van der Waals surface area contributed by atoms with E-state index in [0.29, 0.717) is 0 Å². The lowest BCUT2D eigenvalue weighted by Crippen LogP contribution is -2.31. The standard InChI is InChI=1S/C20H21NO2/c1-13(2)21-20(22)12-19-14(3)17-11-16(9-10-18(17)23-19)15-7-5-4-6-8-15/h4-11,13H,12H2,1-3H3,(H,21,22). The number of benzene rings is 2. The molecule has 0 aliphatic carbocycles. The maximum Gasteiger partial charge on any atom is 0.227 e. The molecule has 1 N–H and O–H groups in total. The molecular formula is C20H21NO2. The number of aryl methyl sites for hydroxylation is 1. The molecule has 3 aromatic rings. The first-order valence-corrected chi connectivity index (χ1v) is 7.91. The van der Waals surface area contributed by atoms with Gasteiger partial charge in [0, 0.05) is 11.4 Å². The van der Waals surface area contributed by atoms with Crippen LogP contribution in [0.1, 0.15) is 25.2 Å². The highest BCUT2D eigenvalue weighted by molar-refractivity contribution is 5.88. The summed E-state index contributed by atoms with van der Waals surface area (Å²) < 4.78 is 5.88. The Bertz CT molecular complexity index is 831. The van der Waals surface area contributed by atoms with Crippen LogP contribution >= 0.6 is 0 Å². The molecule has 23 heavy (non-hydrogen) atoms. The van der Waals surface area contributed by atoms with Gasteiger partial charge < -0.3 is 9.73 Å². The van der Waals surface area contributed by atoms with Gasteiger partial charge >= 0.3 is 0 Å². The van der Waals surface area contributed by atoms with E-state index in [9.17, 15) is 4.79 Å². The molecule has 1 amide bonds. The number of furan rings is 1. The van der Waals surface area contributed by atoms with Crippen molar-refractivity contribution < 1.29 is 9.21 Å². The van der Waals surface area contributed by atoms with E-state index in [4.69, 9.17) is 4.42 Å². The molecule has 3 rings (SSSR count). The van der Waals surface area contributed by atoms with E-state index >= 15 is 0 Å². The predicted molar refractivity (Wildman–Crippen MR) is 93.4 cm³/mol. The van der Waals surface area contributed by atoms with Crippen molar-refractivity contribution >= 4 is 16.9 Å². The SMILES string of the molecule is Cc1c(CC(=O)NC(C)C)oc2ccc(-c3ccccc3)cc12. The number of hydrogen-bond donors (Lipinski definition) is 1. The summed E-state index contributed by atoms with van der Waals surface area (Å²) in [6, 6.07) is 16.6. The lowest BCUT2D eigenvalue weighted by atomic mass is 10.0. The predicted octanol–water partition coefficient (Wildman–Crippen LogP) is 4.48. The molecule has 0 saturated carbocycles. The van der Waals surface area contributed by atoms with Crippen molar-refractivity contribution in [2.24, 2.45) is 0 Å². The van der Waals surface area contributed by atoms with Gasteiger partial charge in [-0.25, -0.2) is 0 Å². The van der Waals surface area contributed by atoms with E-state index in [2.05, 4.69) is 29.6 Å². The van der Waals surface area contributed by atoms with Crippen molar-refractivity contribution in [2.75, 3.05) is 0 Å². The minimum atomic E-state index is -0.00885. The molecule has 0 aliphatic heterocycles. The minimum Gasteiger partial charge on any atom is -0.460 e. The van der Waals surface area contributed by atoms with Crippen LogP contribution in [0.3, 0.4) is 0 Å². The first-order valence-electron chi connectivity index (χ1n) is 7.91. The molecule has 3 nitrogen and oxygen atoms in total. The fourth-order valence-electron chi connectivity index (χ4n) is 2.77. The van der Waals surface area contributed by atoms with Gasteiger partial charge in [-0.1, -0.05) is 36.4 Å². The Balaban J connectivity index is 1.94. The zero-order chi connectivity index (χ0) is 16.4. The highest BCUT2D eigenvalue weighted by Crippen LogP contribution is 2.30. The van der Waals surface area contributed by atoms with E-state index in [-0.39, 0.29) is 18.4 Å². The number of fused-ring (bicyclic) bond motifs is 1. The van der Waals surface area contributed by atoms with Crippen LogP contribution in [0.15, 0.2) is 52.9 Å². The average molecular weight is 307 g/mol. The monoisotopic (exact) mass is 307 g/mol. The van der Waals surface area contributed by atoms with E-state index < -0.39 is 0 Å².